The first kappa shape index (κ1) is 20.4. The fourth-order valence-corrected chi connectivity index (χ4v) is 3.62. The topological polar surface area (TPSA) is 35.5 Å². The van der Waals surface area contributed by atoms with Crippen LogP contribution in [0.5, 0.6) is 11.5 Å². The molecular formula is C22H28O3S. The second kappa shape index (κ2) is 9.67. The van der Waals surface area contributed by atoms with Crippen molar-refractivity contribution in [1.29, 1.82) is 0 Å². The van der Waals surface area contributed by atoms with Gasteiger partial charge in [-0.15, -0.1) is 0 Å². The molecule has 0 aliphatic heterocycles. The van der Waals surface area contributed by atoms with Crippen molar-refractivity contribution in [3.05, 3.63) is 52.6 Å². The zero-order valence-electron chi connectivity index (χ0n) is 16.3. The van der Waals surface area contributed by atoms with Crippen molar-refractivity contribution in [2.75, 3.05) is 6.61 Å². The summed E-state index contributed by atoms with van der Waals surface area (Å²) in [6.45, 7) is 11.1. The molecule has 2 aromatic carbocycles. The van der Waals surface area contributed by atoms with Crippen LogP contribution in [0.2, 0.25) is 0 Å². The Morgan fingerprint density at radius 1 is 1.00 bits per heavy atom. The Balaban J connectivity index is 2.30. The highest BCUT2D eigenvalue weighted by molar-refractivity contribution is 8.13. The van der Waals surface area contributed by atoms with Crippen molar-refractivity contribution in [3.63, 3.8) is 0 Å². The van der Waals surface area contributed by atoms with E-state index in [1.165, 1.54) is 22.9 Å². The Bertz CT molecular complexity index is 768. The van der Waals surface area contributed by atoms with Gasteiger partial charge >= 0.3 is 0 Å². The highest BCUT2D eigenvalue weighted by Crippen LogP contribution is 2.33. The molecule has 0 heterocycles. The maximum absolute atomic E-state index is 11.9. The van der Waals surface area contributed by atoms with Gasteiger partial charge in [-0.05, 0) is 62.1 Å². The zero-order chi connectivity index (χ0) is 19.1. The summed E-state index contributed by atoms with van der Waals surface area (Å²) in [6, 6.07) is 10.1. The average Bonchev–Trinajstić information content (AvgIpc) is 2.63. The summed E-state index contributed by atoms with van der Waals surface area (Å²) in [5, 5.41) is 0.138. The quantitative estimate of drug-likeness (QED) is 0.543. The summed E-state index contributed by atoms with van der Waals surface area (Å²) in [6.07, 6.45) is 1.51. The van der Waals surface area contributed by atoms with Crippen molar-refractivity contribution in [2.45, 2.75) is 59.0 Å². The standard InChI is InChI=1S/C22H28O3S/c1-6-17-12-16(5)20(13-15(17)4)25-14-18-19(24-8-3)10-9-11-21(18)26-22(23)7-2/h9-13H,6-8,14H2,1-5H3. The maximum atomic E-state index is 11.9. The molecule has 140 valence electrons. The van der Waals surface area contributed by atoms with Gasteiger partial charge < -0.3 is 9.47 Å². The molecule has 0 saturated carbocycles. The van der Waals surface area contributed by atoms with Crippen LogP contribution in [0.4, 0.5) is 0 Å². The molecule has 0 amide bonds. The largest absolute Gasteiger partial charge is 0.493 e. The molecule has 2 aromatic rings. The van der Waals surface area contributed by atoms with Crippen LogP contribution in [-0.2, 0) is 17.8 Å². The van der Waals surface area contributed by atoms with Crippen molar-refractivity contribution in [2.24, 2.45) is 0 Å². The lowest BCUT2D eigenvalue weighted by Crippen LogP contribution is -2.05. The van der Waals surface area contributed by atoms with Gasteiger partial charge in [-0.25, -0.2) is 0 Å². The lowest BCUT2D eigenvalue weighted by molar-refractivity contribution is -0.110. The van der Waals surface area contributed by atoms with Crippen molar-refractivity contribution in [1.82, 2.24) is 0 Å². The van der Waals surface area contributed by atoms with E-state index in [2.05, 4.69) is 32.9 Å². The highest BCUT2D eigenvalue weighted by Gasteiger charge is 2.15. The zero-order valence-corrected chi connectivity index (χ0v) is 17.2. The van der Waals surface area contributed by atoms with Crippen LogP contribution < -0.4 is 9.47 Å². The first-order valence-electron chi connectivity index (χ1n) is 9.18. The number of hydrogen-bond donors (Lipinski definition) is 0. The van der Waals surface area contributed by atoms with E-state index in [1.807, 2.05) is 32.0 Å². The smallest absolute Gasteiger partial charge is 0.193 e. The molecule has 26 heavy (non-hydrogen) atoms. The summed E-state index contributed by atoms with van der Waals surface area (Å²) in [5.74, 6) is 1.66. The lowest BCUT2D eigenvalue weighted by Gasteiger charge is -2.17. The minimum atomic E-state index is 0.138. The molecule has 0 saturated heterocycles. The van der Waals surface area contributed by atoms with Crippen LogP contribution in [-0.4, -0.2) is 11.7 Å². The molecule has 0 atom stereocenters. The monoisotopic (exact) mass is 372 g/mol. The third kappa shape index (κ3) is 5.04. The van der Waals surface area contributed by atoms with E-state index in [1.54, 1.807) is 0 Å². The fourth-order valence-electron chi connectivity index (χ4n) is 2.80. The molecule has 0 spiro atoms. The molecule has 0 fully saturated rings. The van der Waals surface area contributed by atoms with Gasteiger partial charge in [0.2, 0.25) is 0 Å². The van der Waals surface area contributed by atoms with Gasteiger partial charge in [0, 0.05) is 16.9 Å². The van der Waals surface area contributed by atoms with Crippen LogP contribution in [0.1, 0.15) is 49.4 Å². The Labute approximate surface area is 161 Å². The van der Waals surface area contributed by atoms with Gasteiger partial charge in [-0.3, -0.25) is 4.79 Å². The third-order valence-electron chi connectivity index (χ3n) is 4.29. The summed E-state index contributed by atoms with van der Waals surface area (Å²) in [7, 11) is 0. The first-order chi connectivity index (χ1) is 12.5. The Morgan fingerprint density at radius 2 is 1.77 bits per heavy atom. The Morgan fingerprint density at radius 3 is 2.42 bits per heavy atom. The summed E-state index contributed by atoms with van der Waals surface area (Å²) >= 11 is 1.26. The molecule has 4 heteroatoms. The first-order valence-corrected chi connectivity index (χ1v) is 10.00. The van der Waals surface area contributed by atoms with Crippen molar-refractivity contribution >= 4 is 16.9 Å². The number of aryl methyl sites for hydroxylation is 3. The fraction of sp³-hybridized carbons (Fsp3) is 0.409. The van der Waals surface area contributed by atoms with Gasteiger partial charge in [-0.1, -0.05) is 37.7 Å². The minimum Gasteiger partial charge on any atom is -0.493 e. The predicted octanol–water partition coefficient (Wildman–Crippen LogP) is 5.87. The number of carbonyl (C=O) groups excluding carboxylic acids is 1. The number of ether oxygens (including phenoxy) is 2. The molecular weight excluding hydrogens is 344 g/mol. The average molecular weight is 373 g/mol. The van der Waals surface area contributed by atoms with Crippen LogP contribution >= 0.6 is 11.8 Å². The number of benzene rings is 2. The number of rotatable bonds is 8. The summed E-state index contributed by atoms with van der Waals surface area (Å²) in [4.78, 5) is 12.8. The second-order valence-corrected chi connectivity index (χ2v) is 7.28. The summed E-state index contributed by atoms with van der Waals surface area (Å²) in [5.41, 5.74) is 4.63. The van der Waals surface area contributed by atoms with E-state index in [0.717, 1.165) is 33.9 Å². The number of hydrogen-bond acceptors (Lipinski definition) is 4. The van der Waals surface area contributed by atoms with Crippen LogP contribution in [0.15, 0.2) is 35.2 Å². The Kier molecular flexibility index (Phi) is 7.58. The van der Waals surface area contributed by atoms with E-state index in [4.69, 9.17) is 9.47 Å². The van der Waals surface area contributed by atoms with Gasteiger partial charge in [0.1, 0.15) is 18.1 Å². The molecule has 0 N–H and O–H groups in total. The van der Waals surface area contributed by atoms with Gasteiger partial charge in [0.05, 0.1) is 6.61 Å². The normalized spacial score (nSPS) is 10.7. The van der Waals surface area contributed by atoms with E-state index in [9.17, 15) is 4.79 Å². The molecule has 0 bridgehead atoms. The number of thioether (sulfide) groups is 1. The second-order valence-electron chi connectivity index (χ2n) is 6.18. The SMILES string of the molecule is CCOc1cccc(SC(=O)CC)c1COc1cc(C)c(CC)cc1C. The molecule has 0 unspecified atom stereocenters. The van der Waals surface area contributed by atoms with Crippen LogP contribution in [0.25, 0.3) is 0 Å². The van der Waals surface area contributed by atoms with Crippen LogP contribution in [0, 0.1) is 13.8 Å². The van der Waals surface area contributed by atoms with Crippen molar-refractivity contribution < 1.29 is 14.3 Å². The molecule has 3 nitrogen and oxygen atoms in total. The third-order valence-corrected chi connectivity index (χ3v) is 5.41. The minimum absolute atomic E-state index is 0.138. The lowest BCUT2D eigenvalue weighted by atomic mass is 10.0. The molecule has 0 aliphatic carbocycles. The van der Waals surface area contributed by atoms with Crippen molar-refractivity contribution in [3.8, 4) is 11.5 Å². The predicted molar refractivity (Wildman–Crippen MR) is 108 cm³/mol. The number of carbonyl (C=O) groups is 1. The highest BCUT2D eigenvalue weighted by atomic mass is 32.2. The molecule has 0 aromatic heterocycles. The Hall–Kier alpha value is -1.94. The molecule has 0 radical (unpaired) electrons. The molecule has 2 rings (SSSR count). The van der Waals surface area contributed by atoms with E-state index < -0.39 is 0 Å². The van der Waals surface area contributed by atoms with E-state index >= 15 is 0 Å². The van der Waals surface area contributed by atoms with Crippen LogP contribution in [0.3, 0.4) is 0 Å². The summed E-state index contributed by atoms with van der Waals surface area (Å²) < 4.78 is 11.9. The van der Waals surface area contributed by atoms with Gasteiger partial charge in [0.25, 0.3) is 0 Å². The molecule has 0 aliphatic rings. The van der Waals surface area contributed by atoms with Gasteiger partial charge in [-0.2, -0.15) is 0 Å². The van der Waals surface area contributed by atoms with Gasteiger partial charge in [0.15, 0.2) is 5.12 Å². The maximum Gasteiger partial charge on any atom is 0.193 e. The van der Waals surface area contributed by atoms with E-state index in [0.29, 0.717) is 19.6 Å². The van der Waals surface area contributed by atoms with E-state index in [-0.39, 0.29) is 5.12 Å².